The van der Waals surface area contributed by atoms with Crippen molar-refractivity contribution in [2.45, 2.75) is 51.2 Å². The van der Waals surface area contributed by atoms with Gasteiger partial charge in [-0.15, -0.1) is 0 Å². The van der Waals surface area contributed by atoms with Gasteiger partial charge in [0.15, 0.2) is 11.5 Å². The maximum Gasteiger partial charge on any atom is 0.161 e. The number of hydrogen-bond donors (Lipinski definition) is 0. The van der Waals surface area contributed by atoms with Gasteiger partial charge in [0.1, 0.15) is 25.4 Å². The van der Waals surface area contributed by atoms with Gasteiger partial charge in [0, 0.05) is 56.9 Å². The first-order chi connectivity index (χ1) is 15.8. The minimum Gasteiger partial charge on any atom is -0.486 e. The molecule has 0 radical (unpaired) electrons. The van der Waals surface area contributed by atoms with Crippen LogP contribution in [-0.4, -0.2) is 71.7 Å². The van der Waals surface area contributed by atoms with Gasteiger partial charge in [-0.2, -0.15) is 0 Å². The summed E-state index contributed by atoms with van der Waals surface area (Å²) in [5, 5.41) is 0. The van der Waals surface area contributed by atoms with Crippen molar-refractivity contribution in [3.05, 3.63) is 41.3 Å². The molecule has 170 valence electrons. The number of anilines is 1. The van der Waals surface area contributed by atoms with Crippen LogP contribution in [0.2, 0.25) is 0 Å². The average molecular weight is 436 g/mol. The maximum absolute atomic E-state index is 5.80. The van der Waals surface area contributed by atoms with Crippen LogP contribution in [0.3, 0.4) is 0 Å². The quantitative estimate of drug-likeness (QED) is 0.732. The van der Waals surface area contributed by atoms with E-state index in [1.54, 1.807) is 6.33 Å². The number of hydrogen-bond acceptors (Lipinski definition) is 7. The van der Waals surface area contributed by atoms with E-state index in [1.807, 2.05) is 6.07 Å². The highest BCUT2D eigenvalue weighted by Gasteiger charge is 2.31. The molecule has 2 fully saturated rings. The van der Waals surface area contributed by atoms with Crippen LogP contribution in [0, 0.1) is 0 Å². The number of fused-ring (bicyclic) bond motifs is 2. The number of piperazine rings is 1. The zero-order chi connectivity index (χ0) is 21.5. The molecule has 1 saturated heterocycles. The van der Waals surface area contributed by atoms with Gasteiger partial charge in [-0.1, -0.05) is 12.5 Å². The normalized spacial score (nSPS) is 22.8. The molecule has 1 unspecified atom stereocenters. The standard InChI is InChI=1S/C25H33N5O2/c1-18(19-5-6-23-24(15-19)32-14-13-31-23)30-8-7-21-22(16-30)26-17-27-25(21)29-11-9-28(10-12-29)20-3-2-4-20/h5-6,15,17-18,20H,2-4,7-14,16H2,1H3. The number of ether oxygens (including phenoxy) is 2. The Kier molecular flexibility index (Phi) is 5.39. The number of rotatable bonds is 4. The molecule has 6 rings (SSSR count). The summed E-state index contributed by atoms with van der Waals surface area (Å²) >= 11 is 0. The summed E-state index contributed by atoms with van der Waals surface area (Å²) in [7, 11) is 0. The van der Waals surface area contributed by atoms with E-state index in [0.717, 1.165) is 63.2 Å². The lowest BCUT2D eigenvalue weighted by molar-refractivity contribution is 0.120. The highest BCUT2D eigenvalue weighted by molar-refractivity contribution is 5.50. The minimum absolute atomic E-state index is 0.295. The maximum atomic E-state index is 5.80. The molecule has 4 aliphatic rings. The first-order valence-corrected chi connectivity index (χ1v) is 12.2. The monoisotopic (exact) mass is 435 g/mol. The molecule has 2 aromatic rings. The van der Waals surface area contributed by atoms with Gasteiger partial charge in [0.05, 0.1) is 5.69 Å². The summed E-state index contributed by atoms with van der Waals surface area (Å²) in [4.78, 5) is 17.1. The average Bonchev–Trinajstić information content (AvgIpc) is 2.82. The molecule has 0 amide bonds. The van der Waals surface area contributed by atoms with Crippen molar-refractivity contribution in [2.75, 3.05) is 50.8 Å². The molecule has 0 spiro atoms. The fourth-order valence-electron chi connectivity index (χ4n) is 5.54. The summed E-state index contributed by atoms with van der Waals surface area (Å²) in [6.07, 6.45) is 6.96. The van der Waals surface area contributed by atoms with Crippen molar-refractivity contribution in [2.24, 2.45) is 0 Å². The van der Waals surface area contributed by atoms with Crippen molar-refractivity contribution in [3.8, 4) is 11.5 Å². The molecule has 7 heteroatoms. The third kappa shape index (κ3) is 3.71. The summed E-state index contributed by atoms with van der Waals surface area (Å²) < 4.78 is 11.5. The predicted molar refractivity (Wildman–Crippen MR) is 123 cm³/mol. The largest absolute Gasteiger partial charge is 0.486 e. The fourth-order valence-corrected chi connectivity index (χ4v) is 5.54. The lowest BCUT2D eigenvalue weighted by Crippen LogP contribution is -2.52. The van der Waals surface area contributed by atoms with Crippen molar-refractivity contribution in [1.29, 1.82) is 0 Å². The second-order valence-electron chi connectivity index (χ2n) is 9.53. The molecular formula is C25H33N5O2. The van der Waals surface area contributed by atoms with E-state index in [9.17, 15) is 0 Å². The third-order valence-corrected chi connectivity index (χ3v) is 7.81. The third-order valence-electron chi connectivity index (χ3n) is 7.81. The Bertz CT molecular complexity index is 971. The summed E-state index contributed by atoms with van der Waals surface area (Å²) in [5.41, 5.74) is 3.81. The smallest absolute Gasteiger partial charge is 0.161 e. The Hall–Kier alpha value is -2.38. The molecule has 3 aliphatic heterocycles. The van der Waals surface area contributed by atoms with Crippen LogP contribution < -0.4 is 14.4 Å². The van der Waals surface area contributed by atoms with Gasteiger partial charge in [-0.25, -0.2) is 9.97 Å². The van der Waals surface area contributed by atoms with Crippen LogP contribution in [0.15, 0.2) is 24.5 Å². The van der Waals surface area contributed by atoms with E-state index >= 15 is 0 Å². The van der Waals surface area contributed by atoms with Crippen molar-refractivity contribution in [3.63, 3.8) is 0 Å². The molecule has 1 aromatic heterocycles. The van der Waals surface area contributed by atoms with Gasteiger partial charge < -0.3 is 14.4 Å². The number of aromatic nitrogens is 2. The zero-order valence-electron chi connectivity index (χ0n) is 19.0. The van der Waals surface area contributed by atoms with Gasteiger partial charge in [-0.05, 0) is 43.9 Å². The lowest BCUT2D eigenvalue weighted by Gasteiger charge is -2.44. The molecule has 7 nitrogen and oxygen atoms in total. The van der Waals surface area contributed by atoms with Gasteiger partial charge in [-0.3, -0.25) is 9.80 Å². The minimum atomic E-state index is 0.295. The SMILES string of the molecule is CC(c1ccc2c(c1)OCCO2)N1CCc2c(ncnc2N2CCN(C3CCC3)CC2)C1. The Morgan fingerprint density at radius 1 is 0.969 bits per heavy atom. The molecule has 1 aliphatic carbocycles. The molecule has 0 N–H and O–H groups in total. The van der Waals surface area contributed by atoms with E-state index < -0.39 is 0 Å². The van der Waals surface area contributed by atoms with Crippen LogP contribution in [-0.2, 0) is 13.0 Å². The molecule has 1 atom stereocenters. The van der Waals surface area contributed by atoms with Crippen LogP contribution in [0.4, 0.5) is 5.82 Å². The zero-order valence-corrected chi connectivity index (χ0v) is 19.0. The Morgan fingerprint density at radius 2 is 1.78 bits per heavy atom. The highest BCUT2D eigenvalue weighted by Crippen LogP contribution is 2.36. The Balaban J connectivity index is 1.15. The van der Waals surface area contributed by atoms with Crippen molar-refractivity contribution in [1.82, 2.24) is 19.8 Å². The van der Waals surface area contributed by atoms with Crippen LogP contribution >= 0.6 is 0 Å². The van der Waals surface area contributed by atoms with E-state index in [2.05, 4.69) is 33.8 Å². The van der Waals surface area contributed by atoms with Crippen LogP contribution in [0.25, 0.3) is 0 Å². The van der Waals surface area contributed by atoms with Crippen LogP contribution in [0.1, 0.15) is 49.0 Å². The van der Waals surface area contributed by atoms with Crippen molar-refractivity contribution < 1.29 is 9.47 Å². The first-order valence-electron chi connectivity index (χ1n) is 12.2. The second kappa shape index (κ2) is 8.52. The Labute approximate surface area is 190 Å². The number of benzene rings is 1. The topological polar surface area (TPSA) is 54.0 Å². The Morgan fingerprint density at radius 3 is 2.56 bits per heavy atom. The molecular weight excluding hydrogens is 402 g/mol. The van der Waals surface area contributed by atoms with Crippen molar-refractivity contribution >= 4 is 5.82 Å². The van der Waals surface area contributed by atoms with Gasteiger partial charge in [0.2, 0.25) is 0 Å². The van der Waals surface area contributed by atoms with E-state index in [-0.39, 0.29) is 0 Å². The van der Waals surface area contributed by atoms with E-state index in [0.29, 0.717) is 19.3 Å². The molecule has 4 heterocycles. The molecule has 32 heavy (non-hydrogen) atoms. The molecule has 1 aromatic carbocycles. The number of nitrogens with zero attached hydrogens (tertiary/aromatic N) is 5. The summed E-state index contributed by atoms with van der Waals surface area (Å²) in [6, 6.07) is 7.49. The highest BCUT2D eigenvalue weighted by atomic mass is 16.6. The van der Waals surface area contributed by atoms with Gasteiger partial charge >= 0.3 is 0 Å². The van der Waals surface area contributed by atoms with Gasteiger partial charge in [0.25, 0.3) is 0 Å². The fraction of sp³-hybridized carbons (Fsp3) is 0.600. The van der Waals surface area contributed by atoms with E-state index in [4.69, 9.17) is 19.4 Å². The summed E-state index contributed by atoms with van der Waals surface area (Å²) in [5.74, 6) is 2.89. The lowest BCUT2D eigenvalue weighted by atomic mass is 9.91. The molecule has 0 bridgehead atoms. The van der Waals surface area contributed by atoms with E-state index in [1.165, 1.54) is 41.9 Å². The second-order valence-corrected chi connectivity index (χ2v) is 9.53. The predicted octanol–water partition coefficient (Wildman–Crippen LogP) is 3.04. The summed E-state index contributed by atoms with van der Waals surface area (Å²) in [6.45, 7) is 9.90. The molecule has 1 saturated carbocycles. The first kappa shape index (κ1) is 20.2. The van der Waals surface area contributed by atoms with Crippen LogP contribution in [0.5, 0.6) is 11.5 Å².